The van der Waals surface area contributed by atoms with Gasteiger partial charge in [0.1, 0.15) is 11.3 Å². The predicted molar refractivity (Wildman–Crippen MR) is 121 cm³/mol. The van der Waals surface area contributed by atoms with Gasteiger partial charge in [0.2, 0.25) is 0 Å². The minimum atomic E-state index is -1.02. The Morgan fingerprint density at radius 1 is 0.968 bits per heavy atom. The van der Waals surface area contributed by atoms with Crippen LogP contribution in [0, 0.1) is 0 Å². The third kappa shape index (κ3) is 4.25. The minimum absolute atomic E-state index is 0.0649. The van der Waals surface area contributed by atoms with E-state index < -0.39 is 5.97 Å². The lowest BCUT2D eigenvalue weighted by atomic mass is 9.95. The highest BCUT2D eigenvalue weighted by Crippen LogP contribution is 2.33. The molecule has 3 aromatic rings. The van der Waals surface area contributed by atoms with Crippen LogP contribution in [0.4, 0.5) is 0 Å². The third-order valence-corrected chi connectivity index (χ3v) is 5.88. The highest BCUT2D eigenvalue weighted by Gasteiger charge is 2.19. The van der Waals surface area contributed by atoms with Crippen LogP contribution < -0.4 is 4.74 Å². The monoisotopic (exact) mass is 418 g/mol. The van der Waals surface area contributed by atoms with Crippen LogP contribution in [0.1, 0.15) is 27.1 Å². The van der Waals surface area contributed by atoms with E-state index in [0.717, 1.165) is 54.5 Å². The Hall–Kier alpha value is -3.38. The number of aromatic carboxylic acids is 1. The molecule has 6 heteroatoms. The molecule has 1 heterocycles. The van der Waals surface area contributed by atoms with E-state index in [9.17, 15) is 14.7 Å². The Balaban J connectivity index is 1.69. The number of nitrogens with zero attached hydrogens (tertiary/aromatic N) is 2. The van der Waals surface area contributed by atoms with Gasteiger partial charge in [-0.2, -0.15) is 0 Å². The normalized spacial score (nSPS) is 15.0. The number of amides is 1. The Morgan fingerprint density at radius 3 is 2.58 bits per heavy atom. The maximum absolute atomic E-state index is 13.1. The van der Waals surface area contributed by atoms with Crippen LogP contribution in [0.3, 0.4) is 0 Å². The summed E-state index contributed by atoms with van der Waals surface area (Å²) >= 11 is 0. The molecule has 1 aliphatic rings. The molecule has 160 valence electrons. The van der Waals surface area contributed by atoms with Crippen molar-refractivity contribution in [2.75, 3.05) is 40.3 Å². The van der Waals surface area contributed by atoms with Gasteiger partial charge in [0.05, 0.1) is 7.11 Å². The first-order chi connectivity index (χ1) is 15.0. The molecule has 6 nitrogen and oxygen atoms in total. The molecule has 0 aliphatic carbocycles. The molecule has 0 bridgehead atoms. The fourth-order valence-corrected chi connectivity index (χ4v) is 4.14. The van der Waals surface area contributed by atoms with Gasteiger partial charge in [0, 0.05) is 25.2 Å². The summed E-state index contributed by atoms with van der Waals surface area (Å²) < 4.78 is 5.28. The molecule has 1 saturated heterocycles. The molecule has 31 heavy (non-hydrogen) atoms. The summed E-state index contributed by atoms with van der Waals surface area (Å²) in [6, 6.07) is 16.8. The maximum atomic E-state index is 13.1. The van der Waals surface area contributed by atoms with Gasteiger partial charge in [-0.05, 0) is 66.2 Å². The number of benzene rings is 3. The summed E-state index contributed by atoms with van der Waals surface area (Å²) in [5, 5.41) is 11.3. The molecular formula is C25H26N2O4. The quantitative estimate of drug-likeness (QED) is 0.694. The maximum Gasteiger partial charge on any atom is 0.339 e. The van der Waals surface area contributed by atoms with Gasteiger partial charge >= 0.3 is 5.97 Å². The number of carboxylic acids is 1. The summed E-state index contributed by atoms with van der Waals surface area (Å²) in [7, 11) is 3.55. The van der Waals surface area contributed by atoms with E-state index in [2.05, 4.69) is 11.9 Å². The second-order valence-corrected chi connectivity index (χ2v) is 7.91. The Kier molecular flexibility index (Phi) is 5.91. The van der Waals surface area contributed by atoms with E-state index in [0.29, 0.717) is 11.3 Å². The van der Waals surface area contributed by atoms with E-state index in [1.807, 2.05) is 41.3 Å². The van der Waals surface area contributed by atoms with Crippen molar-refractivity contribution in [2.45, 2.75) is 6.42 Å². The summed E-state index contributed by atoms with van der Waals surface area (Å²) in [5.74, 6) is -0.640. The van der Waals surface area contributed by atoms with Crippen molar-refractivity contribution >= 4 is 22.6 Å². The van der Waals surface area contributed by atoms with Crippen molar-refractivity contribution in [1.29, 1.82) is 0 Å². The first kappa shape index (κ1) is 20.9. The first-order valence-electron chi connectivity index (χ1n) is 10.4. The molecule has 0 spiro atoms. The lowest BCUT2D eigenvalue weighted by Gasteiger charge is -2.21. The molecule has 0 aromatic heterocycles. The second-order valence-electron chi connectivity index (χ2n) is 7.91. The van der Waals surface area contributed by atoms with Crippen LogP contribution in [0.15, 0.2) is 54.6 Å². The smallest absolute Gasteiger partial charge is 0.339 e. The fraction of sp³-hybridized carbons (Fsp3) is 0.280. The van der Waals surface area contributed by atoms with E-state index in [4.69, 9.17) is 4.74 Å². The molecule has 3 aromatic carbocycles. The standard InChI is InChI=1S/C25H26N2O4/c1-26-11-4-12-27(14-13-26)24(28)19-8-9-21-17(15-19)5-3-6-20(21)18-7-10-22(25(29)30)23(16-18)31-2/h3,5-10,15-16H,4,11-14H2,1-2H3,(H,29,30). The SMILES string of the molecule is COc1cc(-c2cccc3cc(C(=O)N4CCCN(C)CC4)ccc23)ccc1C(=O)O. The van der Waals surface area contributed by atoms with E-state index in [1.54, 1.807) is 18.2 Å². The van der Waals surface area contributed by atoms with E-state index in [1.165, 1.54) is 7.11 Å². The van der Waals surface area contributed by atoms with Crippen molar-refractivity contribution in [3.8, 4) is 16.9 Å². The number of hydrogen-bond acceptors (Lipinski definition) is 4. The molecule has 1 fully saturated rings. The second kappa shape index (κ2) is 8.78. The fourth-order valence-electron chi connectivity index (χ4n) is 4.14. The molecule has 1 N–H and O–H groups in total. The number of carboxylic acid groups (broad SMARTS) is 1. The molecule has 0 radical (unpaired) electrons. The van der Waals surface area contributed by atoms with Crippen LogP contribution in [-0.4, -0.2) is 67.1 Å². The Bertz CT molecular complexity index is 1140. The van der Waals surface area contributed by atoms with Gasteiger partial charge in [0.15, 0.2) is 0 Å². The molecular weight excluding hydrogens is 392 g/mol. The summed E-state index contributed by atoms with van der Waals surface area (Å²) in [6.07, 6.45) is 0.980. The topological polar surface area (TPSA) is 70.1 Å². The van der Waals surface area contributed by atoms with Crippen LogP contribution >= 0.6 is 0 Å². The molecule has 0 saturated carbocycles. The number of hydrogen-bond donors (Lipinski definition) is 1. The number of methoxy groups -OCH3 is 1. The van der Waals surface area contributed by atoms with E-state index >= 15 is 0 Å². The van der Waals surface area contributed by atoms with Gasteiger partial charge in [-0.1, -0.05) is 30.3 Å². The largest absolute Gasteiger partial charge is 0.496 e. The molecule has 0 unspecified atom stereocenters. The van der Waals surface area contributed by atoms with Gasteiger partial charge in [-0.15, -0.1) is 0 Å². The van der Waals surface area contributed by atoms with Crippen LogP contribution in [0.25, 0.3) is 21.9 Å². The van der Waals surface area contributed by atoms with Crippen molar-refractivity contribution in [3.63, 3.8) is 0 Å². The number of carbonyl (C=O) groups is 2. The van der Waals surface area contributed by atoms with Crippen molar-refractivity contribution in [2.24, 2.45) is 0 Å². The summed E-state index contributed by atoms with van der Waals surface area (Å²) in [5.41, 5.74) is 2.64. The highest BCUT2D eigenvalue weighted by molar-refractivity contribution is 6.03. The summed E-state index contributed by atoms with van der Waals surface area (Å²) in [4.78, 5) is 28.7. The molecule has 1 amide bonds. The van der Waals surface area contributed by atoms with Crippen LogP contribution in [0.2, 0.25) is 0 Å². The molecule has 0 atom stereocenters. The minimum Gasteiger partial charge on any atom is -0.496 e. The average Bonchev–Trinajstić information content (AvgIpc) is 3.01. The number of rotatable bonds is 4. The zero-order valence-corrected chi connectivity index (χ0v) is 17.8. The zero-order valence-electron chi connectivity index (χ0n) is 17.8. The average molecular weight is 418 g/mol. The van der Waals surface area contributed by atoms with Crippen LogP contribution in [0.5, 0.6) is 5.75 Å². The van der Waals surface area contributed by atoms with Crippen molar-refractivity contribution < 1.29 is 19.4 Å². The number of ether oxygens (including phenoxy) is 1. The first-order valence-corrected chi connectivity index (χ1v) is 10.4. The number of carbonyl (C=O) groups excluding carboxylic acids is 1. The highest BCUT2D eigenvalue weighted by atomic mass is 16.5. The lowest BCUT2D eigenvalue weighted by molar-refractivity contribution is 0.0692. The van der Waals surface area contributed by atoms with E-state index in [-0.39, 0.29) is 11.5 Å². The van der Waals surface area contributed by atoms with Crippen LogP contribution in [-0.2, 0) is 0 Å². The van der Waals surface area contributed by atoms with Crippen molar-refractivity contribution in [3.05, 3.63) is 65.7 Å². The number of fused-ring (bicyclic) bond motifs is 1. The van der Waals surface area contributed by atoms with Gasteiger partial charge in [-0.3, -0.25) is 4.79 Å². The third-order valence-electron chi connectivity index (χ3n) is 5.88. The van der Waals surface area contributed by atoms with Gasteiger partial charge in [-0.25, -0.2) is 4.79 Å². The molecule has 4 rings (SSSR count). The lowest BCUT2D eigenvalue weighted by Crippen LogP contribution is -2.34. The predicted octanol–water partition coefficient (Wildman–Crippen LogP) is 3.99. The van der Waals surface area contributed by atoms with Crippen molar-refractivity contribution in [1.82, 2.24) is 9.80 Å². The summed E-state index contributed by atoms with van der Waals surface area (Å²) in [6.45, 7) is 3.41. The Labute approximate surface area is 181 Å². The molecule has 1 aliphatic heterocycles. The Morgan fingerprint density at radius 2 is 1.81 bits per heavy atom. The zero-order chi connectivity index (χ0) is 22.0. The van der Waals surface area contributed by atoms with Gasteiger partial charge < -0.3 is 19.6 Å². The number of likely N-dealkylation sites (N-methyl/N-ethyl adjacent to an activating group) is 1. The van der Waals surface area contributed by atoms with Gasteiger partial charge in [0.25, 0.3) is 5.91 Å².